The summed E-state index contributed by atoms with van der Waals surface area (Å²) in [5.74, 6) is -0.627. The van der Waals surface area contributed by atoms with Gasteiger partial charge in [-0.05, 0) is 42.8 Å². The molecule has 0 unspecified atom stereocenters. The average Bonchev–Trinajstić information content (AvgIpc) is 2.69. The zero-order valence-corrected chi connectivity index (χ0v) is 14.6. The standard InChI is InChI=1S/C21H19N3O2/c1-15-9-6-7-12-17(15)23-20(25)18-13-8-14-19(22-18)21(26)24(2)16-10-4-3-5-11-16/h3-14H,1-2H3,(H,23,25). The largest absolute Gasteiger partial charge is 0.320 e. The Morgan fingerprint density at radius 1 is 0.846 bits per heavy atom. The molecule has 3 aromatic rings. The molecule has 0 aliphatic rings. The third-order valence-corrected chi connectivity index (χ3v) is 4.04. The molecule has 0 aliphatic heterocycles. The number of nitrogens with one attached hydrogen (secondary N) is 1. The van der Waals surface area contributed by atoms with Crippen LogP contribution < -0.4 is 10.2 Å². The Morgan fingerprint density at radius 2 is 1.50 bits per heavy atom. The van der Waals surface area contributed by atoms with E-state index in [0.717, 1.165) is 16.9 Å². The first kappa shape index (κ1) is 17.4. The Balaban J connectivity index is 1.80. The Bertz CT molecular complexity index is 939. The van der Waals surface area contributed by atoms with Gasteiger partial charge in [0.05, 0.1) is 0 Å². The zero-order chi connectivity index (χ0) is 18.5. The quantitative estimate of drug-likeness (QED) is 0.779. The first-order chi connectivity index (χ1) is 12.6. The molecule has 0 saturated carbocycles. The molecule has 1 heterocycles. The summed E-state index contributed by atoms with van der Waals surface area (Å²) in [6.07, 6.45) is 0. The van der Waals surface area contributed by atoms with E-state index in [1.807, 2.05) is 61.5 Å². The summed E-state index contributed by atoms with van der Waals surface area (Å²) in [5, 5.41) is 2.83. The van der Waals surface area contributed by atoms with E-state index >= 15 is 0 Å². The summed E-state index contributed by atoms with van der Waals surface area (Å²) in [5.41, 5.74) is 2.85. The van der Waals surface area contributed by atoms with Crippen LogP contribution in [0.1, 0.15) is 26.5 Å². The monoisotopic (exact) mass is 345 g/mol. The van der Waals surface area contributed by atoms with Gasteiger partial charge < -0.3 is 10.2 Å². The minimum atomic E-state index is -0.351. The minimum absolute atomic E-state index is 0.195. The van der Waals surface area contributed by atoms with Crippen molar-refractivity contribution in [2.45, 2.75) is 6.92 Å². The number of carbonyl (C=O) groups excluding carboxylic acids is 2. The van der Waals surface area contributed by atoms with Crippen LogP contribution in [0.2, 0.25) is 0 Å². The maximum atomic E-state index is 12.7. The summed E-state index contributed by atoms with van der Waals surface area (Å²) in [6.45, 7) is 1.91. The predicted molar refractivity (Wildman–Crippen MR) is 103 cm³/mol. The Morgan fingerprint density at radius 3 is 2.23 bits per heavy atom. The van der Waals surface area contributed by atoms with E-state index in [1.54, 1.807) is 25.2 Å². The third-order valence-electron chi connectivity index (χ3n) is 4.04. The molecule has 2 amide bonds. The number of aryl methyl sites for hydroxylation is 1. The molecule has 0 fully saturated rings. The molecule has 26 heavy (non-hydrogen) atoms. The Hall–Kier alpha value is -3.47. The second kappa shape index (κ2) is 7.61. The lowest BCUT2D eigenvalue weighted by molar-refractivity contribution is 0.0988. The number of amides is 2. The van der Waals surface area contributed by atoms with E-state index in [-0.39, 0.29) is 23.2 Å². The molecule has 0 bridgehead atoms. The smallest absolute Gasteiger partial charge is 0.276 e. The van der Waals surface area contributed by atoms with Gasteiger partial charge in [-0.3, -0.25) is 9.59 Å². The normalized spacial score (nSPS) is 10.2. The van der Waals surface area contributed by atoms with Crippen molar-refractivity contribution in [3.05, 3.63) is 89.7 Å². The molecule has 1 aromatic heterocycles. The highest BCUT2D eigenvalue weighted by atomic mass is 16.2. The lowest BCUT2D eigenvalue weighted by atomic mass is 10.2. The maximum Gasteiger partial charge on any atom is 0.276 e. The number of hydrogen-bond acceptors (Lipinski definition) is 3. The summed E-state index contributed by atoms with van der Waals surface area (Å²) in [4.78, 5) is 30.9. The Kier molecular flexibility index (Phi) is 5.08. The average molecular weight is 345 g/mol. The van der Waals surface area contributed by atoms with Crippen molar-refractivity contribution < 1.29 is 9.59 Å². The van der Waals surface area contributed by atoms with Crippen molar-refractivity contribution in [1.82, 2.24) is 4.98 Å². The molecule has 0 aliphatic carbocycles. The topological polar surface area (TPSA) is 62.3 Å². The van der Waals surface area contributed by atoms with E-state index in [1.165, 1.54) is 4.90 Å². The molecule has 0 spiro atoms. The van der Waals surface area contributed by atoms with Crippen LogP contribution in [0.3, 0.4) is 0 Å². The summed E-state index contributed by atoms with van der Waals surface area (Å²) >= 11 is 0. The molecule has 1 N–H and O–H groups in total. The van der Waals surface area contributed by atoms with Crippen molar-refractivity contribution in [1.29, 1.82) is 0 Å². The van der Waals surface area contributed by atoms with Crippen LogP contribution in [0.5, 0.6) is 0 Å². The van der Waals surface area contributed by atoms with Crippen LogP contribution in [-0.4, -0.2) is 23.8 Å². The summed E-state index contributed by atoms with van der Waals surface area (Å²) < 4.78 is 0. The van der Waals surface area contributed by atoms with Crippen molar-refractivity contribution >= 4 is 23.2 Å². The van der Waals surface area contributed by atoms with E-state index in [4.69, 9.17) is 0 Å². The molecule has 0 saturated heterocycles. The van der Waals surface area contributed by atoms with Crippen molar-refractivity contribution in [3.63, 3.8) is 0 Å². The third kappa shape index (κ3) is 3.78. The number of nitrogens with zero attached hydrogens (tertiary/aromatic N) is 2. The molecule has 5 nitrogen and oxygen atoms in total. The van der Waals surface area contributed by atoms with E-state index in [9.17, 15) is 9.59 Å². The van der Waals surface area contributed by atoms with Gasteiger partial charge in [0.1, 0.15) is 11.4 Å². The molecule has 0 radical (unpaired) electrons. The Labute approximate surface area is 152 Å². The van der Waals surface area contributed by atoms with Crippen LogP contribution in [0.25, 0.3) is 0 Å². The molecule has 3 rings (SSSR count). The first-order valence-corrected chi connectivity index (χ1v) is 8.23. The second-order valence-corrected chi connectivity index (χ2v) is 5.88. The van der Waals surface area contributed by atoms with Gasteiger partial charge in [-0.2, -0.15) is 0 Å². The van der Waals surface area contributed by atoms with E-state index in [0.29, 0.717) is 0 Å². The number of pyridine rings is 1. The fourth-order valence-electron chi connectivity index (χ4n) is 2.52. The lowest BCUT2D eigenvalue weighted by Gasteiger charge is -2.17. The van der Waals surface area contributed by atoms with Gasteiger partial charge >= 0.3 is 0 Å². The number of aromatic nitrogens is 1. The van der Waals surface area contributed by atoms with Crippen LogP contribution >= 0.6 is 0 Å². The molecule has 2 aromatic carbocycles. The number of carbonyl (C=O) groups is 2. The lowest BCUT2D eigenvalue weighted by Crippen LogP contribution is -2.27. The fraction of sp³-hybridized carbons (Fsp3) is 0.0952. The van der Waals surface area contributed by atoms with Gasteiger partial charge in [-0.25, -0.2) is 4.98 Å². The highest BCUT2D eigenvalue weighted by molar-refractivity contribution is 6.07. The molecule has 5 heteroatoms. The predicted octanol–water partition coefficient (Wildman–Crippen LogP) is 3.92. The number of anilines is 2. The van der Waals surface area contributed by atoms with Crippen LogP contribution in [0.4, 0.5) is 11.4 Å². The van der Waals surface area contributed by atoms with Gasteiger partial charge in [0.25, 0.3) is 11.8 Å². The fourth-order valence-corrected chi connectivity index (χ4v) is 2.52. The van der Waals surface area contributed by atoms with Crippen molar-refractivity contribution in [3.8, 4) is 0 Å². The molecular weight excluding hydrogens is 326 g/mol. The van der Waals surface area contributed by atoms with Crippen molar-refractivity contribution in [2.24, 2.45) is 0 Å². The molecule has 0 atom stereocenters. The second-order valence-electron chi connectivity index (χ2n) is 5.88. The minimum Gasteiger partial charge on any atom is -0.320 e. The number of rotatable bonds is 4. The van der Waals surface area contributed by atoms with Crippen molar-refractivity contribution in [2.75, 3.05) is 17.3 Å². The van der Waals surface area contributed by atoms with Gasteiger partial charge in [-0.15, -0.1) is 0 Å². The number of benzene rings is 2. The number of hydrogen-bond donors (Lipinski definition) is 1. The van der Waals surface area contributed by atoms with Gasteiger partial charge in [-0.1, -0.05) is 42.5 Å². The van der Waals surface area contributed by atoms with Crippen LogP contribution in [0, 0.1) is 6.92 Å². The zero-order valence-electron chi connectivity index (χ0n) is 14.6. The van der Waals surface area contributed by atoms with Crippen LogP contribution in [0.15, 0.2) is 72.8 Å². The van der Waals surface area contributed by atoms with E-state index in [2.05, 4.69) is 10.3 Å². The van der Waals surface area contributed by atoms with Gasteiger partial charge in [0.2, 0.25) is 0 Å². The van der Waals surface area contributed by atoms with Gasteiger partial charge in [0, 0.05) is 18.4 Å². The first-order valence-electron chi connectivity index (χ1n) is 8.23. The molecular formula is C21H19N3O2. The summed E-state index contributed by atoms with van der Waals surface area (Å²) in [6, 6.07) is 21.6. The highest BCUT2D eigenvalue weighted by Crippen LogP contribution is 2.16. The molecule has 130 valence electrons. The number of para-hydroxylation sites is 2. The SMILES string of the molecule is Cc1ccccc1NC(=O)c1cccc(C(=O)N(C)c2ccccc2)n1. The highest BCUT2D eigenvalue weighted by Gasteiger charge is 2.17. The van der Waals surface area contributed by atoms with Gasteiger partial charge in [0.15, 0.2) is 0 Å². The maximum absolute atomic E-state index is 12.7. The van der Waals surface area contributed by atoms with Crippen LogP contribution in [-0.2, 0) is 0 Å². The van der Waals surface area contributed by atoms with E-state index < -0.39 is 0 Å². The summed E-state index contributed by atoms with van der Waals surface area (Å²) in [7, 11) is 1.68.